The van der Waals surface area contributed by atoms with E-state index < -0.39 is 5.82 Å². The molecular formula is C12H7FN2. The number of nitrogens with zero attached hydrogens (tertiary/aromatic N) is 2. The summed E-state index contributed by atoms with van der Waals surface area (Å²) in [7, 11) is 0. The van der Waals surface area contributed by atoms with Crippen LogP contribution in [0.15, 0.2) is 42.6 Å². The highest BCUT2D eigenvalue weighted by Crippen LogP contribution is 2.19. The molecule has 3 heteroatoms. The fourth-order valence-electron chi connectivity index (χ4n) is 1.34. The SMILES string of the molecule is N#Cc1cc(F)cc(-c2ccccn2)c1. The predicted molar refractivity (Wildman–Crippen MR) is 54.3 cm³/mol. The van der Waals surface area contributed by atoms with Crippen LogP contribution in [0.1, 0.15) is 5.56 Å². The number of halogens is 1. The van der Waals surface area contributed by atoms with Crippen LogP contribution >= 0.6 is 0 Å². The van der Waals surface area contributed by atoms with E-state index in [2.05, 4.69) is 4.98 Å². The number of aromatic nitrogens is 1. The molecule has 0 aliphatic carbocycles. The van der Waals surface area contributed by atoms with Gasteiger partial charge in [-0.25, -0.2) is 4.39 Å². The van der Waals surface area contributed by atoms with Gasteiger partial charge in [-0.3, -0.25) is 4.98 Å². The summed E-state index contributed by atoms with van der Waals surface area (Å²) < 4.78 is 13.1. The van der Waals surface area contributed by atoms with Crippen LogP contribution in [-0.2, 0) is 0 Å². The fraction of sp³-hybridized carbons (Fsp3) is 0. The Morgan fingerprint density at radius 3 is 2.73 bits per heavy atom. The van der Waals surface area contributed by atoms with Gasteiger partial charge in [0, 0.05) is 11.8 Å². The van der Waals surface area contributed by atoms with Gasteiger partial charge in [0.15, 0.2) is 0 Å². The zero-order valence-electron chi connectivity index (χ0n) is 7.81. The first-order chi connectivity index (χ1) is 7.29. The van der Waals surface area contributed by atoms with Gasteiger partial charge in [0.2, 0.25) is 0 Å². The first kappa shape index (κ1) is 9.35. The van der Waals surface area contributed by atoms with E-state index in [1.807, 2.05) is 12.1 Å². The van der Waals surface area contributed by atoms with E-state index in [-0.39, 0.29) is 0 Å². The number of benzene rings is 1. The van der Waals surface area contributed by atoms with Crippen LogP contribution in [0.2, 0.25) is 0 Å². The van der Waals surface area contributed by atoms with E-state index in [1.54, 1.807) is 24.4 Å². The minimum atomic E-state index is -0.422. The summed E-state index contributed by atoms with van der Waals surface area (Å²) in [5.41, 5.74) is 1.58. The molecule has 0 amide bonds. The van der Waals surface area contributed by atoms with Crippen molar-refractivity contribution in [2.24, 2.45) is 0 Å². The Bertz CT molecular complexity index is 515. The molecule has 2 nitrogen and oxygen atoms in total. The lowest BCUT2D eigenvalue weighted by Crippen LogP contribution is -1.86. The molecule has 0 saturated heterocycles. The average molecular weight is 198 g/mol. The van der Waals surface area contributed by atoms with E-state index in [4.69, 9.17) is 5.26 Å². The van der Waals surface area contributed by atoms with Crippen molar-refractivity contribution in [1.29, 1.82) is 5.26 Å². The Morgan fingerprint density at radius 2 is 2.07 bits per heavy atom. The van der Waals surface area contributed by atoms with Crippen molar-refractivity contribution < 1.29 is 4.39 Å². The zero-order chi connectivity index (χ0) is 10.7. The Labute approximate surface area is 86.6 Å². The van der Waals surface area contributed by atoms with Crippen LogP contribution in [0.3, 0.4) is 0 Å². The van der Waals surface area contributed by atoms with Crippen molar-refractivity contribution in [3.8, 4) is 17.3 Å². The Hall–Kier alpha value is -2.21. The van der Waals surface area contributed by atoms with Crippen molar-refractivity contribution in [1.82, 2.24) is 4.98 Å². The second-order valence-corrected chi connectivity index (χ2v) is 3.06. The highest BCUT2D eigenvalue weighted by Gasteiger charge is 2.03. The Morgan fingerprint density at radius 1 is 1.20 bits per heavy atom. The molecular weight excluding hydrogens is 191 g/mol. The van der Waals surface area contributed by atoms with E-state index in [0.717, 1.165) is 0 Å². The van der Waals surface area contributed by atoms with Gasteiger partial charge < -0.3 is 0 Å². The standard InChI is InChI=1S/C12H7FN2/c13-11-6-9(8-14)5-10(7-11)12-3-1-2-4-15-12/h1-7H. The highest BCUT2D eigenvalue weighted by molar-refractivity contribution is 5.61. The summed E-state index contributed by atoms with van der Waals surface area (Å²) in [6.45, 7) is 0. The zero-order valence-corrected chi connectivity index (χ0v) is 7.81. The lowest BCUT2D eigenvalue weighted by molar-refractivity contribution is 0.628. The fourth-order valence-corrected chi connectivity index (χ4v) is 1.34. The van der Waals surface area contributed by atoms with Crippen molar-refractivity contribution in [3.63, 3.8) is 0 Å². The number of hydrogen-bond donors (Lipinski definition) is 0. The van der Waals surface area contributed by atoms with Crippen LogP contribution in [0.5, 0.6) is 0 Å². The first-order valence-electron chi connectivity index (χ1n) is 4.42. The van der Waals surface area contributed by atoms with E-state index in [9.17, 15) is 4.39 Å². The molecule has 0 aliphatic rings. The normalized spacial score (nSPS) is 9.60. The van der Waals surface area contributed by atoms with E-state index in [0.29, 0.717) is 16.8 Å². The number of nitriles is 1. The maximum absolute atomic E-state index is 13.1. The second-order valence-electron chi connectivity index (χ2n) is 3.06. The maximum atomic E-state index is 13.1. The molecule has 15 heavy (non-hydrogen) atoms. The summed E-state index contributed by atoms with van der Waals surface area (Å²) in [6.07, 6.45) is 1.63. The third-order valence-electron chi connectivity index (χ3n) is 1.99. The van der Waals surface area contributed by atoms with Crippen molar-refractivity contribution in [3.05, 3.63) is 54.0 Å². The Balaban J connectivity index is 2.55. The van der Waals surface area contributed by atoms with Gasteiger partial charge in [-0.15, -0.1) is 0 Å². The molecule has 0 saturated carbocycles. The molecule has 0 aliphatic heterocycles. The molecule has 0 bridgehead atoms. The van der Waals surface area contributed by atoms with E-state index >= 15 is 0 Å². The minimum Gasteiger partial charge on any atom is -0.256 e. The third-order valence-corrected chi connectivity index (χ3v) is 1.99. The number of rotatable bonds is 1. The molecule has 2 rings (SSSR count). The molecule has 1 aromatic heterocycles. The largest absolute Gasteiger partial charge is 0.256 e. The number of hydrogen-bond acceptors (Lipinski definition) is 2. The summed E-state index contributed by atoms with van der Waals surface area (Å²) in [6, 6.07) is 11.5. The molecule has 0 spiro atoms. The van der Waals surface area contributed by atoms with Crippen molar-refractivity contribution >= 4 is 0 Å². The lowest BCUT2D eigenvalue weighted by Gasteiger charge is -2.00. The Kier molecular flexibility index (Phi) is 2.42. The third kappa shape index (κ3) is 2.00. The molecule has 1 aromatic carbocycles. The smallest absolute Gasteiger partial charge is 0.125 e. The molecule has 1 heterocycles. The van der Waals surface area contributed by atoms with Gasteiger partial charge in [-0.2, -0.15) is 5.26 Å². The summed E-state index contributed by atoms with van der Waals surface area (Å²) >= 11 is 0. The summed E-state index contributed by atoms with van der Waals surface area (Å²) in [5.74, 6) is -0.422. The van der Waals surface area contributed by atoms with Crippen LogP contribution in [0.25, 0.3) is 11.3 Å². The van der Waals surface area contributed by atoms with Crippen LogP contribution in [-0.4, -0.2) is 4.98 Å². The van der Waals surface area contributed by atoms with Gasteiger partial charge in [0.05, 0.1) is 17.3 Å². The average Bonchev–Trinajstić information content (AvgIpc) is 2.29. The molecule has 2 aromatic rings. The number of pyridine rings is 1. The molecule has 72 valence electrons. The van der Waals surface area contributed by atoms with Gasteiger partial charge in [0.1, 0.15) is 5.82 Å². The molecule has 0 fully saturated rings. The second kappa shape index (κ2) is 3.89. The van der Waals surface area contributed by atoms with E-state index in [1.165, 1.54) is 12.1 Å². The molecule has 0 atom stereocenters. The highest BCUT2D eigenvalue weighted by atomic mass is 19.1. The maximum Gasteiger partial charge on any atom is 0.125 e. The van der Waals surface area contributed by atoms with Crippen LogP contribution in [0.4, 0.5) is 4.39 Å². The minimum absolute atomic E-state index is 0.302. The first-order valence-corrected chi connectivity index (χ1v) is 4.42. The lowest BCUT2D eigenvalue weighted by atomic mass is 10.1. The summed E-state index contributed by atoms with van der Waals surface area (Å²) in [5, 5.41) is 8.70. The monoisotopic (exact) mass is 198 g/mol. The van der Waals surface area contributed by atoms with Crippen LogP contribution in [0, 0.1) is 17.1 Å². The summed E-state index contributed by atoms with van der Waals surface area (Å²) in [4.78, 5) is 4.09. The van der Waals surface area contributed by atoms with Gasteiger partial charge in [-0.1, -0.05) is 6.07 Å². The van der Waals surface area contributed by atoms with Crippen molar-refractivity contribution in [2.75, 3.05) is 0 Å². The predicted octanol–water partition coefficient (Wildman–Crippen LogP) is 2.76. The van der Waals surface area contributed by atoms with Crippen LogP contribution < -0.4 is 0 Å². The molecule has 0 N–H and O–H groups in total. The molecule has 0 radical (unpaired) electrons. The van der Waals surface area contributed by atoms with Gasteiger partial charge >= 0.3 is 0 Å². The van der Waals surface area contributed by atoms with Crippen molar-refractivity contribution in [2.45, 2.75) is 0 Å². The van der Waals surface area contributed by atoms with Gasteiger partial charge in [-0.05, 0) is 30.3 Å². The molecule has 0 unspecified atom stereocenters. The van der Waals surface area contributed by atoms with Gasteiger partial charge in [0.25, 0.3) is 0 Å². The quantitative estimate of drug-likeness (QED) is 0.706. The topological polar surface area (TPSA) is 36.7 Å².